The van der Waals surface area contributed by atoms with E-state index in [1.165, 1.54) is 0 Å². The van der Waals surface area contributed by atoms with Crippen LogP contribution in [0.1, 0.15) is 11.7 Å². The molecule has 1 aliphatic heterocycles. The summed E-state index contributed by atoms with van der Waals surface area (Å²) in [5.41, 5.74) is 3.65. The zero-order chi connectivity index (χ0) is 16.5. The number of hydrogen-bond acceptors (Lipinski definition) is 4. The molecule has 2 unspecified atom stereocenters. The van der Waals surface area contributed by atoms with Gasteiger partial charge in [0.1, 0.15) is 6.17 Å². The highest BCUT2D eigenvalue weighted by atomic mass is 16.4. The van der Waals surface area contributed by atoms with Crippen molar-refractivity contribution in [1.29, 1.82) is 0 Å². The molecule has 0 saturated carbocycles. The van der Waals surface area contributed by atoms with Crippen LogP contribution in [0.4, 0.5) is 5.69 Å². The number of nitrogens with zero attached hydrogens (tertiary/aromatic N) is 2. The van der Waals surface area contributed by atoms with Gasteiger partial charge in [-0.05, 0) is 29.2 Å². The smallest absolute Gasteiger partial charge is 0.423 e. The maximum absolute atomic E-state index is 9.28. The maximum Gasteiger partial charge on any atom is 0.488 e. The third kappa shape index (κ3) is 2.58. The molecule has 2 N–H and O–H groups in total. The summed E-state index contributed by atoms with van der Waals surface area (Å²) >= 11 is 0. The van der Waals surface area contributed by atoms with Crippen LogP contribution in [0.2, 0.25) is 0 Å². The van der Waals surface area contributed by atoms with Gasteiger partial charge in [-0.25, -0.2) is 0 Å². The zero-order valence-electron chi connectivity index (χ0n) is 13.0. The number of para-hydroxylation sites is 1. The van der Waals surface area contributed by atoms with Crippen LogP contribution in [0.15, 0.2) is 83.9 Å². The van der Waals surface area contributed by atoms with E-state index in [-0.39, 0.29) is 12.2 Å². The minimum absolute atomic E-state index is 0.116. The molecular formula is C19H17BN2O2. The minimum Gasteiger partial charge on any atom is -0.423 e. The van der Waals surface area contributed by atoms with Gasteiger partial charge in [-0.3, -0.25) is 4.99 Å². The Morgan fingerprint density at radius 1 is 0.917 bits per heavy atom. The average Bonchev–Trinajstić information content (AvgIpc) is 3.02. The molecule has 4 rings (SSSR count). The molecule has 2 atom stereocenters. The summed E-state index contributed by atoms with van der Waals surface area (Å²) in [4.78, 5) is 7.17. The second-order valence-corrected chi connectivity index (χ2v) is 5.90. The van der Waals surface area contributed by atoms with E-state index in [1.54, 1.807) is 12.1 Å². The lowest BCUT2D eigenvalue weighted by Gasteiger charge is -2.31. The molecule has 0 fully saturated rings. The van der Waals surface area contributed by atoms with E-state index < -0.39 is 7.12 Å². The van der Waals surface area contributed by atoms with Crippen molar-refractivity contribution < 1.29 is 10.0 Å². The van der Waals surface area contributed by atoms with Crippen molar-refractivity contribution >= 4 is 24.0 Å². The highest BCUT2D eigenvalue weighted by molar-refractivity contribution is 6.58. The molecule has 1 heterocycles. The molecular weight excluding hydrogens is 299 g/mol. The summed E-state index contributed by atoms with van der Waals surface area (Å²) in [5.74, 6) is 0. The van der Waals surface area contributed by atoms with Crippen molar-refractivity contribution in [3.05, 3.63) is 84.5 Å². The van der Waals surface area contributed by atoms with E-state index in [1.807, 2.05) is 48.6 Å². The van der Waals surface area contributed by atoms with Gasteiger partial charge in [-0.15, -0.1) is 0 Å². The first-order valence-electron chi connectivity index (χ1n) is 7.96. The fourth-order valence-corrected chi connectivity index (χ4v) is 3.21. The van der Waals surface area contributed by atoms with Gasteiger partial charge in [0.2, 0.25) is 0 Å². The van der Waals surface area contributed by atoms with Gasteiger partial charge in [0.15, 0.2) is 0 Å². The van der Waals surface area contributed by atoms with Crippen LogP contribution in [-0.2, 0) is 0 Å². The van der Waals surface area contributed by atoms with Crippen LogP contribution in [0, 0.1) is 0 Å². The van der Waals surface area contributed by atoms with Crippen LogP contribution in [0.25, 0.3) is 0 Å². The van der Waals surface area contributed by atoms with Crippen molar-refractivity contribution in [2.24, 2.45) is 4.99 Å². The third-order valence-electron chi connectivity index (χ3n) is 4.40. The third-order valence-corrected chi connectivity index (χ3v) is 4.40. The SMILES string of the molecule is OB(O)c1ccc(C2N=C3C=CC=CC3N2c2ccccc2)cc1. The van der Waals surface area contributed by atoms with E-state index in [2.05, 4.69) is 23.1 Å². The van der Waals surface area contributed by atoms with Gasteiger partial charge in [-0.2, -0.15) is 0 Å². The fourth-order valence-electron chi connectivity index (χ4n) is 3.21. The average molecular weight is 316 g/mol. The van der Waals surface area contributed by atoms with E-state index in [0.717, 1.165) is 17.0 Å². The Hall–Kier alpha value is -2.63. The van der Waals surface area contributed by atoms with E-state index in [9.17, 15) is 10.0 Å². The number of benzene rings is 2. The number of anilines is 1. The molecule has 118 valence electrons. The predicted octanol–water partition coefficient (Wildman–Crippen LogP) is 1.82. The number of fused-ring (bicyclic) bond motifs is 1. The molecule has 2 aromatic carbocycles. The van der Waals surface area contributed by atoms with E-state index >= 15 is 0 Å². The van der Waals surface area contributed by atoms with Gasteiger partial charge >= 0.3 is 7.12 Å². The summed E-state index contributed by atoms with van der Waals surface area (Å²) in [7, 11) is -1.45. The van der Waals surface area contributed by atoms with Gasteiger partial charge in [0.25, 0.3) is 0 Å². The first kappa shape index (κ1) is 14.9. The van der Waals surface area contributed by atoms with Crippen LogP contribution >= 0.6 is 0 Å². The Balaban J connectivity index is 1.75. The largest absolute Gasteiger partial charge is 0.488 e. The van der Waals surface area contributed by atoms with Crippen molar-refractivity contribution in [3.8, 4) is 0 Å². The van der Waals surface area contributed by atoms with E-state index in [0.29, 0.717) is 5.46 Å². The van der Waals surface area contributed by atoms with Crippen LogP contribution < -0.4 is 10.4 Å². The summed E-state index contributed by atoms with van der Waals surface area (Å²) in [6, 6.07) is 17.6. The van der Waals surface area contributed by atoms with Gasteiger partial charge in [0.05, 0.1) is 11.8 Å². The topological polar surface area (TPSA) is 56.1 Å². The Morgan fingerprint density at radius 3 is 2.38 bits per heavy atom. The lowest BCUT2D eigenvalue weighted by molar-refractivity contribution is 0.426. The quantitative estimate of drug-likeness (QED) is 0.850. The molecule has 0 bridgehead atoms. The first-order chi connectivity index (χ1) is 11.7. The van der Waals surface area contributed by atoms with Crippen LogP contribution in [0.3, 0.4) is 0 Å². The lowest BCUT2D eigenvalue weighted by atomic mass is 9.80. The number of rotatable bonds is 3. The second-order valence-electron chi connectivity index (χ2n) is 5.90. The molecule has 0 saturated heterocycles. The van der Waals surface area contributed by atoms with Crippen LogP contribution in [-0.4, -0.2) is 28.9 Å². The van der Waals surface area contributed by atoms with Crippen LogP contribution in [0.5, 0.6) is 0 Å². The Bertz CT molecular complexity index is 813. The number of hydrogen-bond donors (Lipinski definition) is 2. The molecule has 0 aromatic heterocycles. The molecule has 1 aliphatic carbocycles. The summed E-state index contributed by atoms with van der Waals surface area (Å²) in [6.45, 7) is 0. The molecule has 24 heavy (non-hydrogen) atoms. The highest BCUT2D eigenvalue weighted by Crippen LogP contribution is 2.37. The molecule has 2 aliphatic rings. The Labute approximate surface area is 141 Å². The Kier molecular flexibility index (Phi) is 3.80. The predicted molar refractivity (Wildman–Crippen MR) is 97.4 cm³/mol. The minimum atomic E-state index is -1.45. The van der Waals surface area contributed by atoms with Gasteiger partial charge in [0, 0.05) is 5.69 Å². The summed E-state index contributed by atoms with van der Waals surface area (Å²) in [5, 5.41) is 18.6. The molecule has 4 nitrogen and oxygen atoms in total. The second kappa shape index (κ2) is 6.11. The first-order valence-corrected chi connectivity index (χ1v) is 7.96. The number of aliphatic imine (C=N–C) groups is 1. The fraction of sp³-hybridized carbons (Fsp3) is 0.105. The highest BCUT2D eigenvalue weighted by Gasteiger charge is 2.35. The molecule has 0 spiro atoms. The zero-order valence-corrected chi connectivity index (χ0v) is 13.0. The van der Waals surface area contributed by atoms with Gasteiger partial charge < -0.3 is 14.9 Å². The lowest BCUT2D eigenvalue weighted by Crippen LogP contribution is -2.36. The normalized spacial score (nSPS) is 21.6. The maximum atomic E-state index is 9.28. The van der Waals surface area contributed by atoms with Crippen molar-refractivity contribution in [2.75, 3.05) is 4.90 Å². The Morgan fingerprint density at radius 2 is 1.67 bits per heavy atom. The van der Waals surface area contributed by atoms with Crippen molar-refractivity contribution in [2.45, 2.75) is 12.2 Å². The monoisotopic (exact) mass is 316 g/mol. The molecule has 2 aromatic rings. The standard InChI is InChI=1S/C19H17BN2O2/c23-20(24)15-12-10-14(11-13-15)19-21-17-8-4-5-9-18(17)22(19)16-6-2-1-3-7-16/h1-13,18-19,23-24H. The van der Waals surface area contributed by atoms with Crippen molar-refractivity contribution in [3.63, 3.8) is 0 Å². The number of allylic oxidation sites excluding steroid dienone is 2. The van der Waals surface area contributed by atoms with E-state index in [4.69, 9.17) is 4.99 Å². The molecule has 5 heteroatoms. The summed E-state index contributed by atoms with van der Waals surface area (Å²) < 4.78 is 0. The molecule has 0 amide bonds. The van der Waals surface area contributed by atoms with Crippen molar-refractivity contribution in [1.82, 2.24) is 0 Å². The summed E-state index contributed by atoms with van der Waals surface area (Å²) in [6.07, 6.45) is 8.12. The molecule has 0 radical (unpaired) electrons. The van der Waals surface area contributed by atoms with Gasteiger partial charge in [-0.1, -0.05) is 60.7 Å².